The van der Waals surface area contributed by atoms with Gasteiger partial charge in [0.25, 0.3) is 0 Å². The summed E-state index contributed by atoms with van der Waals surface area (Å²) in [5, 5.41) is 0. The van der Waals surface area contributed by atoms with Gasteiger partial charge in [-0.25, -0.2) is 19.2 Å². The first-order valence-corrected chi connectivity index (χ1v) is 12.9. The first kappa shape index (κ1) is 27.7. The number of halogens is 1. The second kappa shape index (κ2) is 12.6. The van der Waals surface area contributed by atoms with Gasteiger partial charge in [-0.15, -0.1) is 0 Å². The van der Waals surface area contributed by atoms with E-state index in [1.807, 2.05) is 16.7 Å². The molecule has 10 heteroatoms. The van der Waals surface area contributed by atoms with Crippen molar-refractivity contribution in [3.8, 4) is 22.9 Å². The Hall–Kier alpha value is -4.83. The normalized spacial score (nSPS) is 11.0. The van der Waals surface area contributed by atoms with Crippen LogP contribution in [0, 0.1) is 5.82 Å². The van der Waals surface area contributed by atoms with Crippen LogP contribution in [0.15, 0.2) is 73.1 Å². The van der Waals surface area contributed by atoms with Gasteiger partial charge in [-0.3, -0.25) is 4.98 Å². The van der Waals surface area contributed by atoms with Gasteiger partial charge < -0.3 is 23.5 Å². The summed E-state index contributed by atoms with van der Waals surface area (Å²) in [6, 6.07) is 17.3. The van der Waals surface area contributed by atoms with E-state index < -0.39 is 11.8 Å². The van der Waals surface area contributed by atoms with E-state index in [1.165, 1.54) is 13.2 Å². The summed E-state index contributed by atoms with van der Waals surface area (Å²) in [5.74, 6) is 0.875. The molecule has 0 radical (unpaired) electrons. The molecule has 0 bridgehead atoms. The van der Waals surface area contributed by atoms with Crippen LogP contribution in [0.4, 0.5) is 4.39 Å². The van der Waals surface area contributed by atoms with Gasteiger partial charge >= 0.3 is 5.97 Å². The number of nitrogens with zero attached hydrogens (tertiary/aromatic N) is 4. The average molecular weight is 557 g/mol. The lowest BCUT2D eigenvalue weighted by Crippen LogP contribution is -2.09. The topological polar surface area (TPSA) is 97.6 Å². The van der Waals surface area contributed by atoms with Crippen molar-refractivity contribution in [1.82, 2.24) is 19.5 Å². The molecule has 3 heterocycles. The summed E-state index contributed by atoms with van der Waals surface area (Å²) in [6.07, 6.45) is 3.66. The van der Waals surface area contributed by atoms with Crippen molar-refractivity contribution in [2.75, 3.05) is 27.9 Å². The van der Waals surface area contributed by atoms with Crippen LogP contribution < -0.4 is 9.47 Å². The van der Waals surface area contributed by atoms with Gasteiger partial charge in [0.2, 0.25) is 5.88 Å². The molecule has 5 rings (SSSR count). The van der Waals surface area contributed by atoms with Crippen LogP contribution in [0.1, 0.15) is 27.3 Å². The van der Waals surface area contributed by atoms with Crippen LogP contribution in [0.5, 0.6) is 11.6 Å². The van der Waals surface area contributed by atoms with Crippen LogP contribution in [-0.4, -0.2) is 53.4 Å². The van der Waals surface area contributed by atoms with Crippen LogP contribution >= 0.6 is 0 Å². The van der Waals surface area contributed by atoms with Gasteiger partial charge in [0.15, 0.2) is 0 Å². The minimum absolute atomic E-state index is 0.231. The zero-order valence-electron chi connectivity index (χ0n) is 23.0. The molecule has 0 aliphatic carbocycles. The maximum atomic E-state index is 15.4. The maximum Gasteiger partial charge on any atom is 0.337 e. The summed E-state index contributed by atoms with van der Waals surface area (Å²) in [6.45, 7) is 1.20. The van der Waals surface area contributed by atoms with E-state index in [9.17, 15) is 4.79 Å². The fraction of sp³-hybridized carbons (Fsp3) is 0.226. The lowest BCUT2D eigenvalue weighted by Gasteiger charge is -2.11. The third kappa shape index (κ3) is 6.17. The molecule has 2 aromatic carbocycles. The van der Waals surface area contributed by atoms with E-state index >= 15 is 4.39 Å². The van der Waals surface area contributed by atoms with Crippen molar-refractivity contribution >= 4 is 17.0 Å². The highest BCUT2D eigenvalue weighted by molar-refractivity contribution is 5.93. The highest BCUT2D eigenvalue weighted by Gasteiger charge is 2.16. The summed E-state index contributed by atoms with van der Waals surface area (Å²) in [5.41, 5.74) is 4.31. The van der Waals surface area contributed by atoms with Crippen molar-refractivity contribution in [3.05, 3.63) is 101 Å². The van der Waals surface area contributed by atoms with Gasteiger partial charge in [-0.1, -0.05) is 12.1 Å². The van der Waals surface area contributed by atoms with Crippen LogP contribution in [0.2, 0.25) is 0 Å². The van der Waals surface area contributed by atoms with Crippen molar-refractivity contribution in [3.63, 3.8) is 0 Å². The Morgan fingerprint density at radius 2 is 1.88 bits per heavy atom. The van der Waals surface area contributed by atoms with Crippen LogP contribution in [0.25, 0.3) is 22.3 Å². The largest absolute Gasteiger partial charge is 0.495 e. The Bertz CT molecular complexity index is 1690. The number of methoxy groups -OCH3 is 3. The van der Waals surface area contributed by atoms with Crippen molar-refractivity contribution in [2.24, 2.45) is 0 Å². The summed E-state index contributed by atoms with van der Waals surface area (Å²) >= 11 is 0. The van der Waals surface area contributed by atoms with E-state index in [0.29, 0.717) is 48.0 Å². The molecular formula is C31H29FN4O5. The van der Waals surface area contributed by atoms with E-state index in [2.05, 4.69) is 9.97 Å². The Morgan fingerprint density at radius 1 is 1.00 bits per heavy atom. The standard InChI is InChI=1S/C31H29FN4O5/c1-38-14-13-36-27-17-21(31(37)40-3)8-10-26(27)34-29(36)16-20-7-9-23(24(32)15-20)25-5-4-6-30(35-25)41-19-22-11-12-33-18-28(22)39-2/h4-12,15,17-18H,13-14,16,19H2,1-3H3. The molecule has 0 saturated heterocycles. The molecule has 0 unspecified atom stereocenters. The fourth-order valence-electron chi connectivity index (χ4n) is 4.55. The number of hydrogen-bond donors (Lipinski definition) is 0. The van der Waals surface area contributed by atoms with Crippen LogP contribution in [0.3, 0.4) is 0 Å². The number of rotatable bonds is 11. The molecular weight excluding hydrogens is 527 g/mol. The van der Waals surface area contributed by atoms with Gasteiger partial charge in [0, 0.05) is 43.5 Å². The lowest BCUT2D eigenvalue weighted by atomic mass is 10.1. The molecule has 9 nitrogen and oxygen atoms in total. The number of pyridine rings is 2. The lowest BCUT2D eigenvalue weighted by molar-refractivity contribution is 0.0601. The first-order chi connectivity index (χ1) is 20.0. The van der Waals surface area contributed by atoms with E-state index in [4.69, 9.17) is 23.9 Å². The fourth-order valence-corrected chi connectivity index (χ4v) is 4.55. The maximum absolute atomic E-state index is 15.4. The minimum atomic E-state index is -0.425. The van der Waals surface area contributed by atoms with Crippen molar-refractivity contribution in [1.29, 1.82) is 0 Å². The summed E-state index contributed by atoms with van der Waals surface area (Å²) in [4.78, 5) is 25.4. The number of hydrogen-bond acceptors (Lipinski definition) is 8. The van der Waals surface area contributed by atoms with Gasteiger partial charge in [0.1, 0.15) is 24.0 Å². The molecule has 0 fully saturated rings. The summed E-state index contributed by atoms with van der Waals surface area (Å²) < 4.78 is 38.7. The number of esters is 1. The first-order valence-electron chi connectivity index (χ1n) is 12.9. The predicted molar refractivity (Wildman–Crippen MR) is 151 cm³/mol. The number of imidazole rings is 1. The number of carbonyl (C=O) groups excluding carboxylic acids is 1. The quantitative estimate of drug-likeness (QED) is 0.204. The second-order valence-electron chi connectivity index (χ2n) is 9.20. The van der Waals surface area contributed by atoms with Crippen LogP contribution in [-0.2, 0) is 29.0 Å². The molecule has 0 spiro atoms. The van der Waals surface area contributed by atoms with E-state index in [0.717, 1.165) is 28.0 Å². The molecule has 0 saturated carbocycles. The van der Waals surface area contributed by atoms with E-state index in [-0.39, 0.29) is 6.61 Å². The number of fused-ring (bicyclic) bond motifs is 1. The molecule has 41 heavy (non-hydrogen) atoms. The van der Waals surface area contributed by atoms with Crippen molar-refractivity contribution in [2.45, 2.75) is 19.6 Å². The molecule has 210 valence electrons. The highest BCUT2D eigenvalue weighted by Crippen LogP contribution is 2.27. The van der Waals surface area contributed by atoms with Crippen molar-refractivity contribution < 1.29 is 28.1 Å². The molecule has 3 aromatic heterocycles. The highest BCUT2D eigenvalue weighted by atomic mass is 19.1. The smallest absolute Gasteiger partial charge is 0.337 e. The minimum Gasteiger partial charge on any atom is -0.495 e. The molecule has 0 N–H and O–H groups in total. The molecule has 0 aliphatic heterocycles. The molecule has 0 atom stereocenters. The third-order valence-electron chi connectivity index (χ3n) is 6.63. The van der Waals surface area contributed by atoms with Gasteiger partial charge in [-0.2, -0.15) is 0 Å². The predicted octanol–water partition coefficient (Wildman–Crippen LogP) is 5.24. The third-order valence-corrected chi connectivity index (χ3v) is 6.63. The number of aromatic nitrogens is 4. The number of ether oxygens (including phenoxy) is 4. The molecule has 5 aromatic rings. The molecule has 0 amide bonds. The summed E-state index contributed by atoms with van der Waals surface area (Å²) in [7, 11) is 4.54. The second-order valence-corrected chi connectivity index (χ2v) is 9.20. The molecule has 0 aliphatic rings. The monoisotopic (exact) mass is 556 g/mol. The SMILES string of the molecule is COCCn1c(Cc2ccc(-c3cccc(OCc4ccncc4OC)n3)c(F)c2)nc2ccc(C(=O)OC)cc21. The Morgan fingerprint density at radius 3 is 2.66 bits per heavy atom. The van der Waals surface area contributed by atoms with E-state index in [1.54, 1.807) is 69.1 Å². The Labute approximate surface area is 236 Å². The van der Waals surface area contributed by atoms with Gasteiger partial charge in [-0.05, 0) is 48.0 Å². The zero-order valence-corrected chi connectivity index (χ0v) is 23.0. The average Bonchev–Trinajstić information content (AvgIpc) is 3.34. The number of benzene rings is 2. The zero-order chi connectivity index (χ0) is 28.8. The Kier molecular flexibility index (Phi) is 8.50. The van der Waals surface area contributed by atoms with Gasteiger partial charge in [0.05, 0.1) is 49.3 Å². The number of carbonyl (C=O) groups is 1. The Balaban J connectivity index is 1.38.